The topological polar surface area (TPSA) is 131 Å². The molecule has 180 valence electrons. The van der Waals surface area contributed by atoms with Crippen molar-refractivity contribution in [2.45, 2.75) is 38.3 Å². The number of amides is 2. The van der Waals surface area contributed by atoms with E-state index in [1.807, 2.05) is 43.3 Å². The molecule has 2 amide bonds. The summed E-state index contributed by atoms with van der Waals surface area (Å²) in [5.41, 5.74) is 4.45. The van der Waals surface area contributed by atoms with Gasteiger partial charge in [-0.15, -0.1) is 0 Å². The van der Waals surface area contributed by atoms with E-state index >= 15 is 0 Å². The van der Waals surface area contributed by atoms with E-state index in [0.29, 0.717) is 12.8 Å². The maximum Gasteiger partial charge on any atom is 0.407 e. The smallest absolute Gasteiger partial charge is 0.407 e. The van der Waals surface area contributed by atoms with Gasteiger partial charge in [-0.2, -0.15) is 0 Å². The predicted molar refractivity (Wildman–Crippen MR) is 128 cm³/mol. The van der Waals surface area contributed by atoms with Crippen LogP contribution >= 0.6 is 0 Å². The summed E-state index contributed by atoms with van der Waals surface area (Å²) in [4.78, 5) is 44.0. The first-order chi connectivity index (χ1) is 17.0. The van der Waals surface area contributed by atoms with E-state index in [1.54, 1.807) is 0 Å². The summed E-state index contributed by atoms with van der Waals surface area (Å²) in [6.07, 6.45) is 2.79. The van der Waals surface area contributed by atoms with Gasteiger partial charge in [0.05, 0.1) is 12.1 Å². The lowest BCUT2D eigenvalue weighted by Gasteiger charge is -2.19. The number of hydrogen-bond acceptors (Lipinski definition) is 6. The average molecular weight is 475 g/mol. The second-order valence-corrected chi connectivity index (χ2v) is 8.22. The molecule has 3 aromatic rings. The number of nitrogens with one attached hydrogen (secondary N) is 2. The largest absolute Gasteiger partial charge is 0.478 e. The maximum atomic E-state index is 12.7. The fourth-order valence-corrected chi connectivity index (χ4v) is 4.19. The Kier molecular flexibility index (Phi) is 7.35. The molecule has 0 aliphatic heterocycles. The third-order valence-corrected chi connectivity index (χ3v) is 5.90. The van der Waals surface area contributed by atoms with E-state index in [9.17, 15) is 14.4 Å². The summed E-state index contributed by atoms with van der Waals surface area (Å²) in [7, 11) is 0. The molecule has 0 fully saturated rings. The molecule has 0 saturated carbocycles. The number of benzene rings is 2. The number of hydrogen-bond donors (Lipinski definition) is 3. The molecule has 9 nitrogen and oxygen atoms in total. The number of rotatable bonds is 9. The third-order valence-electron chi connectivity index (χ3n) is 5.90. The van der Waals surface area contributed by atoms with Gasteiger partial charge in [0.2, 0.25) is 5.91 Å². The van der Waals surface area contributed by atoms with E-state index in [-0.39, 0.29) is 30.5 Å². The van der Waals surface area contributed by atoms with Crippen LogP contribution in [0.2, 0.25) is 0 Å². The van der Waals surface area contributed by atoms with Gasteiger partial charge in [0.25, 0.3) is 0 Å². The number of carbonyl (C=O) groups excluding carboxylic acids is 2. The molecule has 0 radical (unpaired) electrons. The van der Waals surface area contributed by atoms with Crippen LogP contribution in [0.4, 0.5) is 4.79 Å². The van der Waals surface area contributed by atoms with Crippen LogP contribution in [-0.4, -0.2) is 45.7 Å². The zero-order valence-electron chi connectivity index (χ0n) is 19.2. The highest BCUT2D eigenvalue weighted by atomic mass is 16.5. The summed E-state index contributed by atoms with van der Waals surface area (Å²) in [5, 5.41) is 14.3. The molecule has 35 heavy (non-hydrogen) atoms. The number of nitrogens with zero attached hydrogens (tertiary/aromatic N) is 2. The standard InChI is InChI=1S/C26H26N4O5/c1-2-7-22(24(31)29-14-23-27-12-16(13-28-23)25(32)33)30-26(34)35-15-21-19-10-5-3-8-17(19)18-9-4-6-11-20(18)21/h3-6,8-13,21-22H,2,7,14-15H2,1H3,(H,29,31)(H,30,34)(H,32,33). The van der Waals surface area contributed by atoms with Crippen molar-refractivity contribution in [3.05, 3.63) is 83.4 Å². The van der Waals surface area contributed by atoms with E-state index in [0.717, 1.165) is 22.3 Å². The van der Waals surface area contributed by atoms with Crippen molar-refractivity contribution in [1.29, 1.82) is 0 Å². The van der Waals surface area contributed by atoms with Crippen LogP contribution in [0, 0.1) is 0 Å². The van der Waals surface area contributed by atoms with Crippen molar-refractivity contribution in [2.75, 3.05) is 6.61 Å². The molecule has 1 aliphatic rings. The summed E-state index contributed by atoms with van der Waals surface area (Å²) in [6.45, 7) is 2.07. The molecular formula is C26H26N4O5. The second-order valence-electron chi connectivity index (χ2n) is 8.22. The van der Waals surface area contributed by atoms with Crippen molar-refractivity contribution in [2.24, 2.45) is 0 Å². The highest BCUT2D eigenvalue weighted by Crippen LogP contribution is 2.44. The molecule has 1 atom stereocenters. The Hall–Kier alpha value is -4.27. The van der Waals surface area contributed by atoms with E-state index < -0.39 is 24.0 Å². The molecule has 0 saturated heterocycles. The van der Waals surface area contributed by atoms with Gasteiger partial charge in [-0.3, -0.25) is 4.79 Å². The van der Waals surface area contributed by atoms with Crippen molar-refractivity contribution in [1.82, 2.24) is 20.6 Å². The minimum Gasteiger partial charge on any atom is -0.478 e. The van der Waals surface area contributed by atoms with Crippen LogP contribution in [0.15, 0.2) is 60.9 Å². The molecule has 4 rings (SSSR count). The SMILES string of the molecule is CCCC(NC(=O)OCC1c2ccccc2-c2ccccc21)C(=O)NCc1ncc(C(=O)O)cn1. The van der Waals surface area contributed by atoms with E-state index in [2.05, 4.69) is 32.7 Å². The van der Waals surface area contributed by atoms with Gasteiger partial charge in [-0.25, -0.2) is 19.6 Å². The number of carboxylic acid groups (broad SMARTS) is 1. The van der Waals surface area contributed by atoms with Crippen LogP contribution in [0.3, 0.4) is 0 Å². The molecule has 0 bridgehead atoms. The lowest BCUT2D eigenvalue weighted by atomic mass is 9.98. The third kappa shape index (κ3) is 5.46. The summed E-state index contributed by atoms with van der Waals surface area (Å²) in [5.74, 6) is -1.33. The fraction of sp³-hybridized carbons (Fsp3) is 0.269. The Balaban J connectivity index is 1.34. The Bertz CT molecular complexity index is 1180. The molecule has 3 N–H and O–H groups in total. The molecule has 0 spiro atoms. The molecule has 1 aromatic heterocycles. The van der Waals surface area contributed by atoms with Crippen LogP contribution in [0.25, 0.3) is 11.1 Å². The number of fused-ring (bicyclic) bond motifs is 3. The van der Waals surface area contributed by atoms with E-state index in [4.69, 9.17) is 9.84 Å². The number of alkyl carbamates (subject to hydrolysis) is 1. The zero-order valence-corrected chi connectivity index (χ0v) is 19.2. The minimum atomic E-state index is -1.13. The Morgan fingerprint density at radius 3 is 2.17 bits per heavy atom. The molecule has 1 heterocycles. The number of aromatic nitrogens is 2. The lowest BCUT2D eigenvalue weighted by Crippen LogP contribution is -2.47. The number of carbonyl (C=O) groups is 3. The van der Waals surface area contributed by atoms with E-state index in [1.165, 1.54) is 12.4 Å². The normalized spacial score (nSPS) is 12.8. The maximum absolute atomic E-state index is 12.7. The molecule has 1 unspecified atom stereocenters. The fourth-order valence-electron chi connectivity index (χ4n) is 4.19. The Morgan fingerprint density at radius 1 is 1.00 bits per heavy atom. The summed E-state index contributed by atoms with van der Waals surface area (Å²) < 4.78 is 5.55. The zero-order chi connectivity index (χ0) is 24.8. The van der Waals surface area contributed by atoms with Crippen molar-refractivity contribution in [3.63, 3.8) is 0 Å². The highest BCUT2D eigenvalue weighted by molar-refractivity contribution is 5.87. The van der Waals surface area contributed by atoms with Crippen molar-refractivity contribution >= 4 is 18.0 Å². The number of ether oxygens (including phenoxy) is 1. The molecule has 2 aromatic carbocycles. The first-order valence-electron chi connectivity index (χ1n) is 11.4. The van der Waals surface area contributed by atoms with Gasteiger partial charge in [0, 0.05) is 18.3 Å². The molecule has 9 heteroatoms. The van der Waals surface area contributed by atoms with Crippen LogP contribution in [0.5, 0.6) is 0 Å². The first kappa shape index (κ1) is 23.9. The molecular weight excluding hydrogens is 448 g/mol. The number of carboxylic acids is 1. The summed E-state index contributed by atoms with van der Waals surface area (Å²) in [6, 6.07) is 15.4. The first-order valence-corrected chi connectivity index (χ1v) is 11.4. The predicted octanol–water partition coefficient (Wildman–Crippen LogP) is 3.50. The Labute approximate surface area is 202 Å². The van der Waals surface area contributed by atoms with Gasteiger partial charge in [0.1, 0.15) is 18.5 Å². The van der Waals surface area contributed by atoms with Gasteiger partial charge in [-0.1, -0.05) is 61.9 Å². The molecule has 1 aliphatic carbocycles. The quantitative estimate of drug-likeness (QED) is 0.433. The summed E-state index contributed by atoms with van der Waals surface area (Å²) >= 11 is 0. The van der Waals surface area contributed by atoms with Gasteiger partial charge >= 0.3 is 12.1 Å². The van der Waals surface area contributed by atoms with Crippen molar-refractivity contribution < 1.29 is 24.2 Å². The van der Waals surface area contributed by atoms with Crippen molar-refractivity contribution in [3.8, 4) is 11.1 Å². The van der Waals surface area contributed by atoms with Gasteiger partial charge < -0.3 is 20.5 Å². The monoisotopic (exact) mass is 474 g/mol. The highest BCUT2D eigenvalue weighted by Gasteiger charge is 2.29. The average Bonchev–Trinajstić information content (AvgIpc) is 3.19. The van der Waals surface area contributed by atoms with Crippen LogP contribution < -0.4 is 10.6 Å². The van der Waals surface area contributed by atoms with Gasteiger partial charge in [-0.05, 0) is 28.7 Å². The second kappa shape index (κ2) is 10.8. The minimum absolute atomic E-state index is 0.00527. The van der Waals surface area contributed by atoms with Gasteiger partial charge in [0.15, 0.2) is 0 Å². The lowest BCUT2D eigenvalue weighted by molar-refractivity contribution is -0.123. The Morgan fingerprint density at radius 2 is 1.60 bits per heavy atom. The van der Waals surface area contributed by atoms with Crippen LogP contribution in [-0.2, 0) is 16.1 Å². The van der Waals surface area contributed by atoms with Crippen LogP contribution in [0.1, 0.15) is 53.0 Å². The number of aromatic carboxylic acids is 1.